The molecule has 1 atom stereocenters. The van der Waals surface area contributed by atoms with Gasteiger partial charge in [0.05, 0.1) is 0 Å². The zero-order valence-corrected chi connectivity index (χ0v) is 7.47. The second kappa shape index (κ2) is 5.28. The Bertz CT molecular complexity index is 128. The molecule has 0 amide bonds. The molecule has 0 spiro atoms. The van der Waals surface area contributed by atoms with Gasteiger partial charge in [0, 0.05) is 6.42 Å². The summed E-state index contributed by atoms with van der Waals surface area (Å²) in [6, 6.07) is 0. The molecule has 2 heteroatoms. The summed E-state index contributed by atoms with van der Waals surface area (Å²) in [7, 11) is 0. The minimum atomic E-state index is -0.874. The van der Waals surface area contributed by atoms with Gasteiger partial charge in [0.25, 0.3) is 0 Å². The van der Waals surface area contributed by atoms with E-state index in [1.807, 2.05) is 0 Å². The maximum absolute atomic E-state index is 13.2. The molecule has 1 aliphatic carbocycles. The van der Waals surface area contributed by atoms with Crippen molar-refractivity contribution in [3.63, 3.8) is 0 Å². The van der Waals surface area contributed by atoms with Crippen LogP contribution < -0.4 is 0 Å². The summed E-state index contributed by atoms with van der Waals surface area (Å²) in [5.74, 6) is 0.165. The van der Waals surface area contributed by atoms with Gasteiger partial charge in [0.2, 0.25) is 0 Å². The summed E-state index contributed by atoms with van der Waals surface area (Å²) in [4.78, 5) is 10.1. The van der Waals surface area contributed by atoms with Crippen molar-refractivity contribution in [1.82, 2.24) is 0 Å². The summed E-state index contributed by atoms with van der Waals surface area (Å²) < 4.78 is 13.2. The fraction of sp³-hybridized carbons (Fsp3) is 0.900. The standard InChI is InChI=1S/C10H17FO/c11-10(7-8-12)9-5-3-1-2-4-6-9/h8-10H,1-7H2. The van der Waals surface area contributed by atoms with Gasteiger partial charge in [-0.2, -0.15) is 0 Å². The molecule has 0 aromatic rings. The minimum Gasteiger partial charge on any atom is -0.303 e. The fourth-order valence-electron chi connectivity index (χ4n) is 1.96. The number of rotatable bonds is 3. The van der Waals surface area contributed by atoms with Crippen LogP contribution in [0.1, 0.15) is 44.9 Å². The first-order chi connectivity index (χ1) is 5.84. The molecule has 12 heavy (non-hydrogen) atoms. The highest BCUT2D eigenvalue weighted by Crippen LogP contribution is 2.27. The minimum absolute atomic E-state index is 0.102. The average molecular weight is 172 g/mol. The van der Waals surface area contributed by atoms with Crippen LogP contribution in [-0.4, -0.2) is 12.5 Å². The van der Waals surface area contributed by atoms with Crippen molar-refractivity contribution < 1.29 is 9.18 Å². The normalized spacial score (nSPS) is 23.1. The molecule has 1 saturated carbocycles. The van der Waals surface area contributed by atoms with Gasteiger partial charge < -0.3 is 4.79 Å². The van der Waals surface area contributed by atoms with Crippen molar-refractivity contribution in [1.29, 1.82) is 0 Å². The lowest BCUT2D eigenvalue weighted by molar-refractivity contribution is -0.109. The third-order valence-corrected chi connectivity index (χ3v) is 2.73. The summed E-state index contributed by atoms with van der Waals surface area (Å²) in [5.41, 5.74) is 0. The molecule has 0 heterocycles. The molecule has 0 aliphatic heterocycles. The van der Waals surface area contributed by atoms with E-state index in [0.717, 1.165) is 25.7 Å². The highest BCUT2D eigenvalue weighted by molar-refractivity contribution is 5.50. The van der Waals surface area contributed by atoms with Gasteiger partial charge in [-0.3, -0.25) is 0 Å². The maximum atomic E-state index is 13.2. The van der Waals surface area contributed by atoms with E-state index in [0.29, 0.717) is 6.29 Å². The van der Waals surface area contributed by atoms with Crippen LogP contribution in [0.3, 0.4) is 0 Å². The fourth-order valence-corrected chi connectivity index (χ4v) is 1.96. The smallest absolute Gasteiger partial charge is 0.122 e. The van der Waals surface area contributed by atoms with Crippen LogP contribution in [0.5, 0.6) is 0 Å². The summed E-state index contributed by atoms with van der Waals surface area (Å²) in [5, 5.41) is 0. The summed E-state index contributed by atoms with van der Waals surface area (Å²) >= 11 is 0. The van der Waals surface area contributed by atoms with Crippen LogP contribution >= 0.6 is 0 Å². The number of carbonyl (C=O) groups is 1. The molecule has 1 rings (SSSR count). The van der Waals surface area contributed by atoms with E-state index in [1.165, 1.54) is 12.8 Å². The Morgan fingerprint density at radius 2 is 1.83 bits per heavy atom. The predicted octanol–water partition coefficient (Wildman–Crippen LogP) is 2.88. The third-order valence-electron chi connectivity index (χ3n) is 2.73. The monoisotopic (exact) mass is 172 g/mol. The van der Waals surface area contributed by atoms with E-state index in [9.17, 15) is 9.18 Å². The van der Waals surface area contributed by atoms with Crippen molar-refractivity contribution >= 4 is 6.29 Å². The second-order valence-electron chi connectivity index (χ2n) is 3.67. The number of halogens is 1. The molecule has 1 unspecified atom stereocenters. The Morgan fingerprint density at radius 1 is 1.25 bits per heavy atom. The predicted molar refractivity (Wildman–Crippen MR) is 46.8 cm³/mol. The van der Waals surface area contributed by atoms with Gasteiger partial charge in [-0.05, 0) is 18.8 Å². The largest absolute Gasteiger partial charge is 0.303 e. The molecule has 1 aliphatic rings. The molecular formula is C10H17FO. The highest BCUT2D eigenvalue weighted by atomic mass is 19.1. The Morgan fingerprint density at radius 3 is 2.33 bits per heavy atom. The quantitative estimate of drug-likeness (QED) is 0.472. The Labute approximate surface area is 73.3 Å². The van der Waals surface area contributed by atoms with Gasteiger partial charge in [-0.25, -0.2) is 4.39 Å². The Balaban J connectivity index is 2.31. The maximum Gasteiger partial charge on any atom is 0.122 e. The van der Waals surface area contributed by atoms with Crippen LogP contribution in [-0.2, 0) is 4.79 Å². The van der Waals surface area contributed by atoms with Gasteiger partial charge in [-0.1, -0.05) is 25.7 Å². The zero-order valence-electron chi connectivity index (χ0n) is 7.47. The van der Waals surface area contributed by atoms with E-state index in [-0.39, 0.29) is 12.3 Å². The number of aldehydes is 1. The molecule has 70 valence electrons. The van der Waals surface area contributed by atoms with Crippen molar-refractivity contribution in [3.8, 4) is 0 Å². The van der Waals surface area contributed by atoms with Crippen molar-refractivity contribution in [2.45, 2.75) is 51.1 Å². The Hall–Kier alpha value is -0.400. The van der Waals surface area contributed by atoms with Gasteiger partial charge in [0.15, 0.2) is 0 Å². The van der Waals surface area contributed by atoms with Gasteiger partial charge >= 0.3 is 0 Å². The van der Waals surface area contributed by atoms with E-state index in [1.54, 1.807) is 0 Å². The average Bonchev–Trinajstić information content (AvgIpc) is 2.32. The molecule has 0 radical (unpaired) electrons. The second-order valence-corrected chi connectivity index (χ2v) is 3.67. The van der Waals surface area contributed by atoms with E-state index in [4.69, 9.17) is 0 Å². The highest BCUT2D eigenvalue weighted by Gasteiger charge is 2.21. The number of hydrogen-bond donors (Lipinski definition) is 0. The van der Waals surface area contributed by atoms with E-state index >= 15 is 0 Å². The van der Waals surface area contributed by atoms with Crippen LogP contribution in [0.25, 0.3) is 0 Å². The molecular weight excluding hydrogens is 155 g/mol. The number of alkyl halides is 1. The van der Waals surface area contributed by atoms with Crippen LogP contribution in [0.2, 0.25) is 0 Å². The SMILES string of the molecule is O=CCC(F)C1CCCCCC1. The van der Waals surface area contributed by atoms with Crippen LogP contribution in [0.4, 0.5) is 4.39 Å². The lowest BCUT2D eigenvalue weighted by atomic mass is 9.93. The summed E-state index contributed by atoms with van der Waals surface area (Å²) in [6.45, 7) is 0. The van der Waals surface area contributed by atoms with Crippen molar-refractivity contribution in [3.05, 3.63) is 0 Å². The Kier molecular flexibility index (Phi) is 4.26. The summed E-state index contributed by atoms with van der Waals surface area (Å²) in [6.07, 6.45) is 6.66. The molecule has 0 N–H and O–H groups in total. The third kappa shape index (κ3) is 2.92. The topological polar surface area (TPSA) is 17.1 Å². The molecule has 0 aromatic carbocycles. The van der Waals surface area contributed by atoms with E-state index < -0.39 is 6.17 Å². The molecule has 1 nitrogen and oxygen atoms in total. The molecule has 0 aromatic heterocycles. The van der Waals surface area contributed by atoms with Crippen LogP contribution in [0.15, 0.2) is 0 Å². The van der Waals surface area contributed by atoms with E-state index in [2.05, 4.69) is 0 Å². The first-order valence-electron chi connectivity index (χ1n) is 4.92. The lowest BCUT2D eigenvalue weighted by Gasteiger charge is -2.16. The number of hydrogen-bond acceptors (Lipinski definition) is 1. The van der Waals surface area contributed by atoms with Crippen LogP contribution in [0, 0.1) is 5.92 Å². The molecule has 0 saturated heterocycles. The number of carbonyl (C=O) groups excluding carboxylic acids is 1. The van der Waals surface area contributed by atoms with Gasteiger partial charge in [0.1, 0.15) is 12.5 Å². The lowest BCUT2D eigenvalue weighted by Crippen LogP contribution is -2.15. The first-order valence-corrected chi connectivity index (χ1v) is 4.92. The van der Waals surface area contributed by atoms with Crippen molar-refractivity contribution in [2.24, 2.45) is 5.92 Å². The first kappa shape index (κ1) is 9.69. The van der Waals surface area contributed by atoms with Gasteiger partial charge in [-0.15, -0.1) is 0 Å². The molecule has 0 bridgehead atoms. The van der Waals surface area contributed by atoms with Crippen molar-refractivity contribution in [2.75, 3.05) is 0 Å². The molecule has 1 fully saturated rings. The zero-order chi connectivity index (χ0) is 8.81.